The molecule has 1 amide bonds. The van der Waals surface area contributed by atoms with Crippen molar-refractivity contribution in [2.45, 2.75) is 51.7 Å². The van der Waals surface area contributed by atoms with E-state index in [2.05, 4.69) is 15.4 Å². The standard InChI is InChI=1S/C21H24N4O2S/c1-15-23-17(14-28-15)13-27-19-9-5-6-16(12-19)21(26)24-20-10-11-22-25(20)18-7-3-2-4-8-18/h5-6,9-12,14,18H,2-4,7-8,13H2,1H3,(H,24,26). The first-order valence-electron chi connectivity index (χ1n) is 9.68. The molecule has 1 saturated carbocycles. The van der Waals surface area contributed by atoms with Crippen LogP contribution in [0.1, 0.15) is 59.2 Å². The summed E-state index contributed by atoms with van der Waals surface area (Å²) >= 11 is 1.60. The summed E-state index contributed by atoms with van der Waals surface area (Å²) in [6, 6.07) is 9.46. The minimum atomic E-state index is -0.160. The van der Waals surface area contributed by atoms with E-state index in [-0.39, 0.29) is 5.91 Å². The lowest BCUT2D eigenvalue weighted by Gasteiger charge is -2.23. The van der Waals surface area contributed by atoms with E-state index < -0.39 is 0 Å². The van der Waals surface area contributed by atoms with Crippen LogP contribution in [0.25, 0.3) is 0 Å². The summed E-state index contributed by atoms with van der Waals surface area (Å²) in [4.78, 5) is 17.2. The Hall–Kier alpha value is -2.67. The molecule has 0 atom stereocenters. The van der Waals surface area contributed by atoms with Gasteiger partial charge in [0.1, 0.15) is 18.2 Å². The van der Waals surface area contributed by atoms with Gasteiger partial charge in [0, 0.05) is 17.0 Å². The maximum Gasteiger partial charge on any atom is 0.256 e. The third-order valence-corrected chi connectivity index (χ3v) is 5.80. The molecule has 0 radical (unpaired) electrons. The van der Waals surface area contributed by atoms with E-state index in [9.17, 15) is 4.79 Å². The van der Waals surface area contributed by atoms with E-state index in [1.807, 2.05) is 35.2 Å². The smallest absolute Gasteiger partial charge is 0.256 e. The maximum atomic E-state index is 12.8. The molecule has 146 valence electrons. The summed E-state index contributed by atoms with van der Waals surface area (Å²) in [5.74, 6) is 1.24. The van der Waals surface area contributed by atoms with Gasteiger partial charge >= 0.3 is 0 Å². The van der Waals surface area contributed by atoms with Crippen LogP contribution in [0.3, 0.4) is 0 Å². The van der Waals surface area contributed by atoms with Crippen LogP contribution in [0, 0.1) is 6.92 Å². The number of rotatable bonds is 6. The van der Waals surface area contributed by atoms with Crippen molar-refractivity contribution in [3.05, 3.63) is 58.2 Å². The quantitative estimate of drug-likeness (QED) is 0.638. The number of aromatic nitrogens is 3. The summed E-state index contributed by atoms with van der Waals surface area (Å²) < 4.78 is 7.76. The molecule has 4 rings (SSSR count). The monoisotopic (exact) mass is 396 g/mol. The van der Waals surface area contributed by atoms with Crippen LogP contribution in [0.2, 0.25) is 0 Å². The second-order valence-corrected chi connectivity index (χ2v) is 8.14. The number of aryl methyl sites for hydroxylation is 1. The molecule has 0 unspecified atom stereocenters. The molecule has 1 aliphatic rings. The molecule has 1 fully saturated rings. The molecule has 7 heteroatoms. The van der Waals surface area contributed by atoms with Crippen molar-refractivity contribution in [1.82, 2.24) is 14.8 Å². The van der Waals surface area contributed by atoms with E-state index >= 15 is 0 Å². The highest BCUT2D eigenvalue weighted by atomic mass is 32.1. The van der Waals surface area contributed by atoms with E-state index in [1.165, 1.54) is 19.3 Å². The van der Waals surface area contributed by atoms with E-state index in [4.69, 9.17) is 4.74 Å². The van der Waals surface area contributed by atoms with Crippen LogP contribution >= 0.6 is 11.3 Å². The fourth-order valence-electron chi connectivity index (χ4n) is 3.58. The summed E-state index contributed by atoms with van der Waals surface area (Å²) in [6.07, 6.45) is 7.70. The third-order valence-electron chi connectivity index (χ3n) is 4.98. The molecule has 3 aromatic rings. The van der Waals surface area contributed by atoms with Crippen LogP contribution in [0.15, 0.2) is 41.9 Å². The average molecular weight is 397 g/mol. The normalized spacial score (nSPS) is 14.8. The van der Waals surface area contributed by atoms with Gasteiger partial charge in [0.05, 0.1) is 22.9 Å². The number of carbonyl (C=O) groups excluding carboxylic acids is 1. The van der Waals surface area contributed by atoms with Gasteiger partial charge in [0.2, 0.25) is 0 Å². The molecule has 1 N–H and O–H groups in total. The number of thiazole rings is 1. The van der Waals surface area contributed by atoms with Gasteiger partial charge in [-0.05, 0) is 38.0 Å². The summed E-state index contributed by atoms with van der Waals surface area (Å²) in [7, 11) is 0. The van der Waals surface area contributed by atoms with E-state index in [1.54, 1.807) is 29.7 Å². The highest BCUT2D eigenvalue weighted by Gasteiger charge is 2.19. The number of hydrogen-bond acceptors (Lipinski definition) is 5. The Labute approximate surface area is 168 Å². The zero-order chi connectivity index (χ0) is 19.3. The zero-order valence-electron chi connectivity index (χ0n) is 15.9. The van der Waals surface area contributed by atoms with Gasteiger partial charge in [-0.2, -0.15) is 5.10 Å². The topological polar surface area (TPSA) is 69.0 Å². The number of benzene rings is 1. The van der Waals surface area contributed by atoms with Gasteiger partial charge in [-0.15, -0.1) is 11.3 Å². The van der Waals surface area contributed by atoms with Crippen molar-refractivity contribution in [3.8, 4) is 5.75 Å². The lowest BCUT2D eigenvalue weighted by molar-refractivity contribution is 0.102. The van der Waals surface area contributed by atoms with E-state index in [0.29, 0.717) is 24.0 Å². The third kappa shape index (κ3) is 4.42. The minimum Gasteiger partial charge on any atom is -0.487 e. The van der Waals surface area contributed by atoms with Crippen molar-refractivity contribution >= 4 is 23.1 Å². The molecule has 1 aromatic carbocycles. The fraction of sp³-hybridized carbons (Fsp3) is 0.381. The number of hydrogen-bond donors (Lipinski definition) is 1. The number of amides is 1. The van der Waals surface area contributed by atoms with E-state index in [0.717, 1.165) is 29.4 Å². The summed E-state index contributed by atoms with van der Waals surface area (Å²) in [5, 5.41) is 10.4. The summed E-state index contributed by atoms with van der Waals surface area (Å²) in [5.41, 5.74) is 1.46. The molecule has 2 heterocycles. The maximum absolute atomic E-state index is 12.8. The number of nitrogens with one attached hydrogen (secondary N) is 1. The van der Waals surface area contributed by atoms with Crippen LogP contribution in [-0.2, 0) is 6.61 Å². The first kappa shape index (κ1) is 18.7. The molecule has 0 spiro atoms. The van der Waals surface area contributed by atoms with Gasteiger partial charge in [0.15, 0.2) is 0 Å². The Balaban J connectivity index is 1.42. The zero-order valence-corrected chi connectivity index (χ0v) is 16.7. The summed E-state index contributed by atoms with van der Waals surface area (Å²) in [6.45, 7) is 2.36. The van der Waals surface area contributed by atoms with Crippen molar-refractivity contribution in [2.24, 2.45) is 0 Å². The Morgan fingerprint density at radius 2 is 2.14 bits per heavy atom. The minimum absolute atomic E-state index is 0.160. The first-order valence-corrected chi connectivity index (χ1v) is 10.6. The predicted octanol–water partition coefficient (Wildman–Crippen LogP) is 4.98. The van der Waals surface area contributed by atoms with Crippen LogP contribution in [0.4, 0.5) is 5.82 Å². The molecule has 0 saturated heterocycles. The molecule has 0 aliphatic heterocycles. The van der Waals surface area contributed by atoms with Crippen LogP contribution in [0.5, 0.6) is 5.75 Å². The molecule has 28 heavy (non-hydrogen) atoms. The van der Waals surface area contributed by atoms with Gasteiger partial charge in [-0.25, -0.2) is 9.67 Å². The van der Waals surface area contributed by atoms with Gasteiger partial charge < -0.3 is 10.1 Å². The molecular weight excluding hydrogens is 372 g/mol. The molecule has 0 bridgehead atoms. The number of anilines is 1. The first-order chi connectivity index (χ1) is 13.7. The van der Waals surface area contributed by atoms with Gasteiger partial charge in [0.25, 0.3) is 5.91 Å². The van der Waals surface area contributed by atoms with Crippen molar-refractivity contribution in [1.29, 1.82) is 0 Å². The molecule has 6 nitrogen and oxygen atoms in total. The fourth-order valence-corrected chi connectivity index (χ4v) is 4.17. The average Bonchev–Trinajstić information content (AvgIpc) is 3.36. The number of ether oxygens (including phenoxy) is 1. The molecule has 2 aromatic heterocycles. The molecule has 1 aliphatic carbocycles. The highest BCUT2D eigenvalue weighted by molar-refractivity contribution is 7.09. The Morgan fingerprint density at radius 1 is 1.29 bits per heavy atom. The lowest BCUT2D eigenvalue weighted by atomic mass is 9.96. The van der Waals surface area contributed by atoms with Crippen LogP contribution in [-0.4, -0.2) is 20.7 Å². The van der Waals surface area contributed by atoms with Crippen molar-refractivity contribution in [3.63, 3.8) is 0 Å². The highest BCUT2D eigenvalue weighted by Crippen LogP contribution is 2.30. The SMILES string of the molecule is Cc1nc(COc2cccc(C(=O)Nc3ccnn3C3CCCCC3)c2)cs1. The number of nitrogens with zero attached hydrogens (tertiary/aromatic N) is 3. The Kier molecular flexibility index (Phi) is 5.71. The molecular formula is C21H24N4O2S. The largest absolute Gasteiger partial charge is 0.487 e. The van der Waals surface area contributed by atoms with Crippen molar-refractivity contribution < 1.29 is 9.53 Å². The second-order valence-electron chi connectivity index (χ2n) is 7.08. The van der Waals surface area contributed by atoms with Crippen molar-refractivity contribution in [2.75, 3.05) is 5.32 Å². The second kappa shape index (κ2) is 8.56. The van der Waals surface area contributed by atoms with Crippen LogP contribution < -0.4 is 10.1 Å². The Morgan fingerprint density at radius 3 is 2.93 bits per heavy atom. The number of carbonyl (C=O) groups is 1. The van der Waals surface area contributed by atoms with Gasteiger partial charge in [-0.1, -0.05) is 25.3 Å². The lowest BCUT2D eigenvalue weighted by Crippen LogP contribution is -2.20. The van der Waals surface area contributed by atoms with Gasteiger partial charge in [-0.3, -0.25) is 4.79 Å². The Bertz CT molecular complexity index is 943. The predicted molar refractivity (Wildman–Crippen MR) is 110 cm³/mol.